The SMILES string of the molecule is Cn1cc(CCN=[N+]=[N-])c(C(C)(C)C)n1. The lowest BCUT2D eigenvalue weighted by atomic mass is 9.89. The van der Waals surface area contributed by atoms with E-state index in [2.05, 4.69) is 35.9 Å². The summed E-state index contributed by atoms with van der Waals surface area (Å²) in [7, 11) is 1.91. The number of nitrogens with zero attached hydrogens (tertiary/aromatic N) is 5. The molecule has 0 aliphatic carbocycles. The van der Waals surface area contributed by atoms with Gasteiger partial charge in [0.15, 0.2) is 0 Å². The van der Waals surface area contributed by atoms with E-state index in [0.29, 0.717) is 6.54 Å². The van der Waals surface area contributed by atoms with Gasteiger partial charge in [-0.2, -0.15) is 5.10 Å². The molecule has 0 unspecified atom stereocenters. The molecule has 5 nitrogen and oxygen atoms in total. The molecule has 0 saturated carbocycles. The van der Waals surface area contributed by atoms with Gasteiger partial charge in [-0.25, -0.2) is 0 Å². The van der Waals surface area contributed by atoms with Crippen LogP contribution in [-0.4, -0.2) is 16.3 Å². The van der Waals surface area contributed by atoms with Gasteiger partial charge in [0.05, 0.1) is 5.69 Å². The van der Waals surface area contributed by atoms with Gasteiger partial charge in [-0.15, -0.1) is 0 Å². The highest BCUT2D eigenvalue weighted by atomic mass is 15.3. The number of azide groups is 1. The first-order chi connectivity index (χ1) is 6.95. The zero-order chi connectivity index (χ0) is 11.5. The van der Waals surface area contributed by atoms with E-state index in [1.54, 1.807) is 0 Å². The van der Waals surface area contributed by atoms with Crippen LogP contribution < -0.4 is 0 Å². The largest absolute Gasteiger partial charge is 0.275 e. The van der Waals surface area contributed by atoms with Crippen LogP contribution >= 0.6 is 0 Å². The number of hydrogen-bond donors (Lipinski definition) is 0. The molecule has 5 heteroatoms. The van der Waals surface area contributed by atoms with E-state index in [-0.39, 0.29) is 5.41 Å². The van der Waals surface area contributed by atoms with Crippen LogP contribution in [0.25, 0.3) is 10.4 Å². The van der Waals surface area contributed by atoms with E-state index < -0.39 is 0 Å². The predicted octanol–water partition coefficient (Wildman–Crippen LogP) is 2.57. The summed E-state index contributed by atoms with van der Waals surface area (Å²) in [6.07, 6.45) is 2.75. The van der Waals surface area contributed by atoms with E-state index >= 15 is 0 Å². The summed E-state index contributed by atoms with van der Waals surface area (Å²) in [6, 6.07) is 0. The third-order valence-electron chi connectivity index (χ3n) is 2.16. The first-order valence-electron chi connectivity index (χ1n) is 4.99. The molecule has 0 radical (unpaired) electrons. The molecule has 1 heterocycles. The molecule has 0 aliphatic heterocycles. The predicted molar refractivity (Wildman–Crippen MR) is 59.6 cm³/mol. The van der Waals surface area contributed by atoms with E-state index in [9.17, 15) is 0 Å². The van der Waals surface area contributed by atoms with E-state index in [4.69, 9.17) is 5.53 Å². The minimum Gasteiger partial charge on any atom is -0.275 e. The molecule has 82 valence electrons. The van der Waals surface area contributed by atoms with Crippen molar-refractivity contribution in [2.75, 3.05) is 6.54 Å². The summed E-state index contributed by atoms with van der Waals surface area (Å²) in [5, 5.41) is 7.99. The Kier molecular flexibility index (Phi) is 3.37. The molecule has 15 heavy (non-hydrogen) atoms. The molecule has 0 aromatic carbocycles. The highest BCUT2D eigenvalue weighted by molar-refractivity contribution is 5.24. The fraction of sp³-hybridized carbons (Fsp3) is 0.700. The molecular formula is C10H17N5. The highest BCUT2D eigenvalue weighted by Gasteiger charge is 2.21. The first kappa shape index (κ1) is 11.6. The van der Waals surface area contributed by atoms with Crippen molar-refractivity contribution in [3.63, 3.8) is 0 Å². The van der Waals surface area contributed by atoms with Crippen LogP contribution in [0.2, 0.25) is 0 Å². The van der Waals surface area contributed by atoms with Gasteiger partial charge >= 0.3 is 0 Å². The Hall–Kier alpha value is -1.48. The molecule has 1 rings (SSSR count). The maximum absolute atomic E-state index is 8.22. The first-order valence-corrected chi connectivity index (χ1v) is 4.99. The molecule has 0 fully saturated rings. The quantitative estimate of drug-likeness (QED) is 0.426. The van der Waals surface area contributed by atoms with Crippen molar-refractivity contribution < 1.29 is 0 Å². The van der Waals surface area contributed by atoms with Crippen LogP contribution in [0.1, 0.15) is 32.0 Å². The Balaban J connectivity index is 2.91. The second-order valence-corrected chi connectivity index (χ2v) is 4.63. The highest BCUT2D eigenvalue weighted by Crippen LogP contribution is 2.24. The zero-order valence-corrected chi connectivity index (χ0v) is 9.73. The second-order valence-electron chi connectivity index (χ2n) is 4.63. The maximum Gasteiger partial charge on any atom is 0.0709 e. The summed E-state index contributed by atoms with van der Waals surface area (Å²) in [5.41, 5.74) is 10.5. The standard InChI is InChI=1S/C10H17N5/c1-10(2,3)9-8(5-6-12-14-11)7-15(4)13-9/h7H,5-6H2,1-4H3. The van der Waals surface area contributed by atoms with Gasteiger partial charge in [-0.3, -0.25) is 4.68 Å². The maximum atomic E-state index is 8.22. The topological polar surface area (TPSA) is 66.6 Å². The third-order valence-corrected chi connectivity index (χ3v) is 2.16. The van der Waals surface area contributed by atoms with Crippen LogP contribution in [0.3, 0.4) is 0 Å². The Bertz CT molecular complexity index is 379. The molecule has 1 aromatic heterocycles. The van der Waals surface area contributed by atoms with Crippen LogP contribution in [-0.2, 0) is 18.9 Å². The minimum atomic E-state index is 0.0347. The smallest absolute Gasteiger partial charge is 0.0709 e. The Morgan fingerprint density at radius 1 is 1.53 bits per heavy atom. The normalized spacial score (nSPS) is 11.2. The number of hydrogen-bond acceptors (Lipinski definition) is 2. The average Bonchev–Trinajstić information content (AvgIpc) is 2.47. The van der Waals surface area contributed by atoms with Gasteiger partial charge in [0.25, 0.3) is 0 Å². The lowest BCUT2D eigenvalue weighted by molar-refractivity contribution is 0.548. The minimum absolute atomic E-state index is 0.0347. The van der Waals surface area contributed by atoms with Crippen molar-refractivity contribution in [1.82, 2.24) is 9.78 Å². The van der Waals surface area contributed by atoms with Crippen LogP contribution in [0.15, 0.2) is 11.3 Å². The molecule has 0 atom stereocenters. The van der Waals surface area contributed by atoms with Crippen LogP contribution in [0, 0.1) is 0 Å². The van der Waals surface area contributed by atoms with Gasteiger partial charge in [-0.1, -0.05) is 25.9 Å². The van der Waals surface area contributed by atoms with Crippen molar-refractivity contribution in [3.8, 4) is 0 Å². The summed E-state index contributed by atoms with van der Waals surface area (Å²) in [6.45, 7) is 6.89. The van der Waals surface area contributed by atoms with Gasteiger partial charge in [0.1, 0.15) is 0 Å². The van der Waals surface area contributed by atoms with E-state index in [1.807, 2.05) is 17.9 Å². The van der Waals surface area contributed by atoms with Gasteiger partial charge in [0, 0.05) is 30.1 Å². The summed E-state index contributed by atoms with van der Waals surface area (Å²) >= 11 is 0. The monoisotopic (exact) mass is 207 g/mol. The lowest BCUT2D eigenvalue weighted by Crippen LogP contribution is -2.15. The Morgan fingerprint density at radius 2 is 2.20 bits per heavy atom. The molecule has 1 aromatic rings. The molecule has 0 spiro atoms. The third kappa shape index (κ3) is 2.99. The van der Waals surface area contributed by atoms with Crippen molar-refractivity contribution in [2.24, 2.45) is 12.2 Å². The van der Waals surface area contributed by atoms with Crippen molar-refractivity contribution in [3.05, 3.63) is 27.9 Å². The molecule has 0 saturated heterocycles. The number of rotatable bonds is 3. The summed E-state index contributed by atoms with van der Waals surface area (Å²) in [5.74, 6) is 0. The van der Waals surface area contributed by atoms with E-state index in [0.717, 1.165) is 17.7 Å². The fourth-order valence-corrected chi connectivity index (χ4v) is 1.57. The van der Waals surface area contributed by atoms with Gasteiger partial charge in [0.2, 0.25) is 0 Å². The van der Waals surface area contributed by atoms with Crippen molar-refractivity contribution >= 4 is 0 Å². The number of aryl methyl sites for hydroxylation is 1. The molecule has 0 aliphatic rings. The average molecular weight is 207 g/mol. The Morgan fingerprint density at radius 3 is 2.73 bits per heavy atom. The molecule has 0 N–H and O–H groups in total. The zero-order valence-electron chi connectivity index (χ0n) is 9.73. The van der Waals surface area contributed by atoms with E-state index in [1.165, 1.54) is 0 Å². The fourth-order valence-electron chi connectivity index (χ4n) is 1.57. The van der Waals surface area contributed by atoms with Crippen LogP contribution in [0.5, 0.6) is 0 Å². The Labute approximate surface area is 89.7 Å². The van der Waals surface area contributed by atoms with Gasteiger partial charge in [-0.05, 0) is 17.5 Å². The van der Waals surface area contributed by atoms with Crippen molar-refractivity contribution in [1.29, 1.82) is 0 Å². The lowest BCUT2D eigenvalue weighted by Gasteiger charge is -2.17. The number of aromatic nitrogens is 2. The van der Waals surface area contributed by atoms with Crippen LogP contribution in [0.4, 0.5) is 0 Å². The second kappa shape index (κ2) is 4.36. The molecule has 0 bridgehead atoms. The van der Waals surface area contributed by atoms with Crippen molar-refractivity contribution in [2.45, 2.75) is 32.6 Å². The summed E-state index contributed by atoms with van der Waals surface area (Å²) < 4.78 is 1.81. The van der Waals surface area contributed by atoms with Gasteiger partial charge < -0.3 is 0 Å². The molecule has 0 amide bonds. The summed E-state index contributed by atoms with van der Waals surface area (Å²) in [4.78, 5) is 2.75. The molecular weight excluding hydrogens is 190 g/mol.